The van der Waals surface area contributed by atoms with Crippen molar-refractivity contribution in [1.82, 2.24) is 4.90 Å². The Morgan fingerprint density at radius 2 is 2.16 bits per heavy atom. The van der Waals surface area contributed by atoms with Crippen LogP contribution in [0.25, 0.3) is 0 Å². The molecule has 0 unspecified atom stereocenters. The van der Waals surface area contributed by atoms with Crippen LogP contribution in [0.1, 0.15) is 30.6 Å². The van der Waals surface area contributed by atoms with E-state index in [9.17, 15) is 9.18 Å². The average Bonchev–Trinajstić information content (AvgIpc) is 2.33. The summed E-state index contributed by atoms with van der Waals surface area (Å²) in [7, 11) is 2.04. The second kappa shape index (κ2) is 7.09. The number of rotatable bonds is 7. The molecule has 0 aromatic heterocycles. The van der Waals surface area contributed by atoms with Crippen molar-refractivity contribution in [2.45, 2.75) is 26.3 Å². The first kappa shape index (κ1) is 15.4. The molecule has 0 aliphatic rings. The van der Waals surface area contributed by atoms with Crippen LogP contribution in [-0.4, -0.2) is 42.2 Å². The SMILES string of the molecule is CC(C)N(C)CCCNc1cccc(F)c1C(=O)O. The lowest BCUT2D eigenvalue weighted by atomic mass is 10.1. The molecule has 0 heterocycles. The van der Waals surface area contributed by atoms with Gasteiger partial charge in [-0.2, -0.15) is 0 Å². The first-order chi connectivity index (χ1) is 8.93. The average molecular weight is 268 g/mol. The fourth-order valence-corrected chi connectivity index (χ4v) is 1.70. The van der Waals surface area contributed by atoms with Gasteiger partial charge in [-0.15, -0.1) is 0 Å². The van der Waals surface area contributed by atoms with Crippen LogP contribution in [0.15, 0.2) is 18.2 Å². The third-order valence-corrected chi connectivity index (χ3v) is 3.11. The van der Waals surface area contributed by atoms with Crippen molar-refractivity contribution in [2.75, 3.05) is 25.5 Å². The topological polar surface area (TPSA) is 52.6 Å². The minimum absolute atomic E-state index is 0.292. The van der Waals surface area contributed by atoms with Crippen molar-refractivity contribution in [3.8, 4) is 0 Å². The Hall–Kier alpha value is -1.62. The lowest BCUT2D eigenvalue weighted by molar-refractivity contribution is 0.0693. The second-order valence-electron chi connectivity index (χ2n) is 4.82. The Bertz CT molecular complexity index is 435. The Labute approximate surface area is 113 Å². The molecule has 0 aliphatic heterocycles. The zero-order valence-corrected chi connectivity index (χ0v) is 11.6. The number of halogens is 1. The molecule has 2 N–H and O–H groups in total. The summed E-state index contributed by atoms with van der Waals surface area (Å²) in [6.45, 7) is 5.74. The molecule has 5 heteroatoms. The molecule has 1 aromatic rings. The van der Waals surface area contributed by atoms with E-state index >= 15 is 0 Å². The number of nitrogens with one attached hydrogen (secondary N) is 1. The van der Waals surface area contributed by atoms with Crippen LogP contribution < -0.4 is 5.32 Å². The molecule has 1 rings (SSSR count). The third-order valence-electron chi connectivity index (χ3n) is 3.11. The number of benzene rings is 1. The molecular weight excluding hydrogens is 247 g/mol. The number of aromatic carboxylic acids is 1. The van der Waals surface area contributed by atoms with Gasteiger partial charge in [-0.05, 0) is 46.0 Å². The highest BCUT2D eigenvalue weighted by Gasteiger charge is 2.15. The van der Waals surface area contributed by atoms with Gasteiger partial charge in [0.1, 0.15) is 11.4 Å². The van der Waals surface area contributed by atoms with Gasteiger partial charge in [0.25, 0.3) is 0 Å². The van der Waals surface area contributed by atoms with Gasteiger partial charge < -0.3 is 15.3 Å². The van der Waals surface area contributed by atoms with Crippen LogP contribution in [0.2, 0.25) is 0 Å². The number of nitrogens with zero attached hydrogens (tertiary/aromatic N) is 1. The molecule has 0 fully saturated rings. The molecule has 0 aliphatic carbocycles. The highest BCUT2D eigenvalue weighted by molar-refractivity contribution is 5.94. The highest BCUT2D eigenvalue weighted by Crippen LogP contribution is 2.18. The Morgan fingerprint density at radius 1 is 1.47 bits per heavy atom. The number of carboxylic acids is 1. The van der Waals surface area contributed by atoms with Crippen LogP contribution in [0.5, 0.6) is 0 Å². The largest absolute Gasteiger partial charge is 0.478 e. The molecule has 0 saturated carbocycles. The smallest absolute Gasteiger partial charge is 0.340 e. The van der Waals surface area contributed by atoms with E-state index in [4.69, 9.17) is 5.11 Å². The lowest BCUT2D eigenvalue weighted by Crippen LogP contribution is -2.28. The molecule has 0 radical (unpaired) electrons. The maximum absolute atomic E-state index is 13.4. The molecule has 0 spiro atoms. The van der Waals surface area contributed by atoms with E-state index in [-0.39, 0.29) is 5.56 Å². The Morgan fingerprint density at radius 3 is 2.74 bits per heavy atom. The molecule has 0 saturated heterocycles. The molecule has 19 heavy (non-hydrogen) atoms. The molecule has 106 valence electrons. The number of carboxylic acid groups (broad SMARTS) is 1. The zero-order valence-electron chi connectivity index (χ0n) is 11.6. The maximum atomic E-state index is 13.4. The fraction of sp³-hybridized carbons (Fsp3) is 0.500. The van der Waals surface area contributed by atoms with Crippen LogP contribution in [0.4, 0.5) is 10.1 Å². The molecular formula is C14H21FN2O2. The van der Waals surface area contributed by atoms with Crippen LogP contribution in [-0.2, 0) is 0 Å². The van der Waals surface area contributed by atoms with Crippen molar-refractivity contribution in [3.05, 3.63) is 29.6 Å². The summed E-state index contributed by atoms with van der Waals surface area (Å²) in [5, 5.41) is 12.0. The van der Waals surface area contributed by atoms with Gasteiger partial charge in [0.05, 0.1) is 5.69 Å². The van der Waals surface area contributed by atoms with Gasteiger partial charge in [0, 0.05) is 12.6 Å². The van der Waals surface area contributed by atoms with Gasteiger partial charge >= 0.3 is 5.97 Å². The highest BCUT2D eigenvalue weighted by atomic mass is 19.1. The number of anilines is 1. The molecule has 0 atom stereocenters. The maximum Gasteiger partial charge on any atom is 0.340 e. The third kappa shape index (κ3) is 4.52. The van der Waals surface area contributed by atoms with E-state index < -0.39 is 11.8 Å². The molecule has 1 aromatic carbocycles. The van der Waals surface area contributed by atoms with Crippen molar-refractivity contribution >= 4 is 11.7 Å². The Kier molecular flexibility index (Phi) is 5.76. The quantitative estimate of drug-likeness (QED) is 0.746. The predicted molar refractivity (Wildman–Crippen MR) is 74.2 cm³/mol. The van der Waals surface area contributed by atoms with Gasteiger partial charge in [0.15, 0.2) is 0 Å². The van der Waals surface area contributed by atoms with E-state index in [1.165, 1.54) is 6.07 Å². The van der Waals surface area contributed by atoms with Crippen molar-refractivity contribution in [1.29, 1.82) is 0 Å². The van der Waals surface area contributed by atoms with Crippen LogP contribution in [0.3, 0.4) is 0 Å². The molecule has 0 amide bonds. The zero-order chi connectivity index (χ0) is 14.4. The van der Waals surface area contributed by atoms with Crippen LogP contribution in [0, 0.1) is 5.82 Å². The molecule has 4 nitrogen and oxygen atoms in total. The van der Waals surface area contributed by atoms with Crippen molar-refractivity contribution in [3.63, 3.8) is 0 Å². The summed E-state index contributed by atoms with van der Waals surface area (Å²) in [5.41, 5.74) is 0.0411. The van der Waals surface area contributed by atoms with Gasteiger partial charge in [-0.25, -0.2) is 9.18 Å². The summed E-state index contributed by atoms with van der Waals surface area (Å²) >= 11 is 0. The second-order valence-corrected chi connectivity index (χ2v) is 4.82. The molecule has 0 bridgehead atoms. The van der Waals surface area contributed by atoms with E-state index in [0.29, 0.717) is 18.3 Å². The van der Waals surface area contributed by atoms with Gasteiger partial charge in [-0.3, -0.25) is 0 Å². The lowest BCUT2D eigenvalue weighted by Gasteiger charge is -2.21. The first-order valence-electron chi connectivity index (χ1n) is 6.39. The van der Waals surface area contributed by atoms with E-state index in [0.717, 1.165) is 19.0 Å². The van der Waals surface area contributed by atoms with Crippen LogP contribution >= 0.6 is 0 Å². The Balaban J connectivity index is 2.54. The summed E-state index contributed by atoms with van der Waals surface area (Å²) in [4.78, 5) is 13.2. The van der Waals surface area contributed by atoms with E-state index in [2.05, 4.69) is 24.1 Å². The van der Waals surface area contributed by atoms with E-state index in [1.807, 2.05) is 7.05 Å². The number of hydrogen-bond acceptors (Lipinski definition) is 3. The summed E-state index contributed by atoms with van der Waals surface area (Å²) in [6, 6.07) is 4.72. The minimum atomic E-state index is -1.25. The number of hydrogen-bond donors (Lipinski definition) is 2. The summed E-state index contributed by atoms with van der Waals surface area (Å²) < 4.78 is 13.4. The number of carbonyl (C=O) groups is 1. The van der Waals surface area contributed by atoms with Gasteiger partial charge in [-0.1, -0.05) is 6.07 Å². The predicted octanol–water partition coefficient (Wildman–Crippen LogP) is 2.67. The van der Waals surface area contributed by atoms with Gasteiger partial charge in [0.2, 0.25) is 0 Å². The summed E-state index contributed by atoms with van der Waals surface area (Å²) in [5.74, 6) is -1.96. The van der Waals surface area contributed by atoms with Crippen molar-refractivity contribution < 1.29 is 14.3 Å². The standard InChI is InChI=1S/C14H21FN2O2/c1-10(2)17(3)9-5-8-16-12-7-4-6-11(15)13(12)14(18)19/h4,6-7,10,16H,5,8-9H2,1-3H3,(H,18,19). The fourth-order valence-electron chi connectivity index (χ4n) is 1.70. The normalized spacial score (nSPS) is 11.1. The first-order valence-corrected chi connectivity index (χ1v) is 6.39. The monoisotopic (exact) mass is 268 g/mol. The van der Waals surface area contributed by atoms with E-state index in [1.54, 1.807) is 6.07 Å². The minimum Gasteiger partial charge on any atom is -0.478 e. The summed E-state index contributed by atoms with van der Waals surface area (Å²) in [6.07, 6.45) is 0.865. The van der Waals surface area contributed by atoms with Crippen molar-refractivity contribution in [2.24, 2.45) is 0 Å².